The number of carbonyl (C=O) groups is 2. The van der Waals surface area contributed by atoms with Gasteiger partial charge in [-0.15, -0.1) is 0 Å². The van der Waals surface area contributed by atoms with Gasteiger partial charge in [0, 0.05) is 19.5 Å². The first-order chi connectivity index (χ1) is 7.58. The van der Waals surface area contributed by atoms with E-state index in [-0.39, 0.29) is 5.91 Å². The van der Waals surface area contributed by atoms with Crippen LogP contribution in [-0.4, -0.2) is 17.0 Å². The molecule has 0 fully saturated rings. The van der Waals surface area contributed by atoms with E-state index in [2.05, 4.69) is 5.32 Å². The molecule has 0 saturated carbocycles. The number of carboxylic acids is 1. The van der Waals surface area contributed by atoms with Crippen molar-refractivity contribution in [3.63, 3.8) is 0 Å². The zero-order chi connectivity index (χ0) is 12.0. The number of hydrogen-bond donors (Lipinski definition) is 2. The van der Waals surface area contributed by atoms with Crippen LogP contribution < -0.4 is 5.32 Å². The molecule has 0 bridgehead atoms. The minimum Gasteiger partial charge on any atom is -0.478 e. The third-order valence-corrected chi connectivity index (χ3v) is 1.94. The third-order valence-electron chi connectivity index (χ3n) is 1.94. The number of hydrogen-bond acceptors (Lipinski definition) is 2. The Morgan fingerprint density at radius 3 is 2.44 bits per heavy atom. The molecule has 0 spiro atoms. The van der Waals surface area contributed by atoms with Gasteiger partial charge in [-0.2, -0.15) is 0 Å². The summed E-state index contributed by atoms with van der Waals surface area (Å²) in [5.74, 6) is -1.04. The summed E-state index contributed by atoms with van der Waals surface area (Å²) in [6, 6.07) is 7.29. The Labute approximate surface area is 93.6 Å². The molecule has 1 amide bonds. The zero-order valence-electron chi connectivity index (χ0n) is 8.93. The molecule has 0 aromatic heterocycles. The van der Waals surface area contributed by atoms with Crippen LogP contribution in [0, 0.1) is 0 Å². The van der Waals surface area contributed by atoms with Crippen molar-refractivity contribution in [1.82, 2.24) is 5.32 Å². The van der Waals surface area contributed by atoms with E-state index in [0.29, 0.717) is 6.54 Å². The van der Waals surface area contributed by atoms with E-state index >= 15 is 0 Å². The summed E-state index contributed by atoms with van der Waals surface area (Å²) in [7, 11) is 0. The minimum absolute atomic E-state index is 0.0742. The topological polar surface area (TPSA) is 66.4 Å². The quantitative estimate of drug-likeness (QED) is 0.752. The number of nitrogens with one attached hydrogen (secondary N) is 1. The van der Waals surface area contributed by atoms with E-state index in [0.717, 1.165) is 17.2 Å². The number of rotatable bonds is 4. The van der Waals surface area contributed by atoms with Crippen LogP contribution in [0.1, 0.15) is 18.1 Å². The number of carbonyl (C=O) groups excluding carboxylic acids is 1. The fraction of sp³-hybridized carbons (Fsp3) is 0.167. The van der Waals surface area contributed by atoms with E-state index in [1.807, 2.05) is 12.1 Å². The van der Waals surface area contributed by atoms with Crippen molar-refractivity contribution >= 4 is 18.0 Å². The predicted molar refractivity (Wildman–Crippen MR) is 60.6 cm³/mol. The molecule has 1 rings (SSSR count). The second-order valence-corrected chi connectivity index (χ2v) is 3.32. The second kappa shape index (κ2) is 5.70. The number of carboxylic acid groups (broad SMARTS) is 1. The molecule has 1 aromatic carbocycles. The van der Waals surface area contributed by atoms with Gasteiger partial charge in [-0.3, -0.25) is 4.79 Å². The summed E-state index contributed by atoms with van der Waals surface area (Å²) >= 11 is 0. The summed E-state index contributed by atoms with van der Waals surface area (Å²) in [5.41, 5.74) is 1.79. The smallest absolute Gasteiger partial charge is 0.328 e. The fourth-order valence-electron chi connectivity index (χ4n) is 1.14. The van der Waals surface area contributed by atoms with Crippen molar-refractivity contribution in [1.29, 1.82) is 0 Å². The largest absolute Gasteiger partial charge is 0.478 e. The van der Waals surface area contributed by atoms with Gasteiger partial charge in [0.1, 0.15) is 0 Å². The molecule has 2 N–H and O–H groups in total. The lowest BCUT2D eigenvalue weighted by molar-refractivity contribution is -0.131. The normalized spacial score (nSPS) is 10.3. The lowest BCUT2D eigenvalue weighted by Gasteiger charge is -2.02. The van der Waals surface area contributed by atoms with Crippen molar-refractivity contribution in [2.24, 2.45) is 0 Å². The first-order valence-electron chi connectivity index (χ1n) is 4.82. The first-order valence-corrected chi connectivity index (χ1v) is 4.82. The van der Waals surface area contributed by atoms with E-state index in [1.54, 1.807) is 12.1 Å². The summed E-state index contributed by atoms with van der Waals surface area (Å²) in [5, 5.41) is 11.1. The van der Waals surface area contributed by atoms with Crippen LogP contribution in [0.15, 0.2) is 30.3 Å². The highest BCUT2D eigenvalue weighted by atomic mass is 16.4. The molecule has 0 unspecified atom stereocenters. The highest BCUT2D eigenvalue weighted by Crippen LogP contribution is 2.06. The number of amides is 1. The Morgan fingerprint density at radius 1 is 1.31 bits per heavy atom. The van der Waals surface area contributed by atoms with Crippen LogP contribution >= 0.6 is 0 Å². The molecule has 0 aliphatic heterocycles. The third kappa shape index (κ3) is 4.41. The monoisotopic (exact) mass is 219 g/mol. The van der Waals surface area contributed by atoms with Crippen molar-refractivity contribution in [2.45, 2.75) is 13.5 Å². The SMILES string of the molecule is CC(=O)NCc1ccc(C=CC(=O)O)cc1. The van der Waals surface area contributed by atoms with Crippen molar-refractivity contribution in [2.75, 3.05) is 0 Å². The van der Waals surface area contributed by atoms with Gasteiger partial charge in [-0.25, -0.2) is 4.79 Å². The summed E-state index contributed by atoms with van der Waals surface area (Å²) in [6.45, 7) is 1.95. The van der Waals surface area contributed by atoms with Gasteiger partial charge in [-0.1, -0.05) is 24.3 Å². The molecule has 16 heavy (non-hydrogen) atoms. The molecular weight excluding hydrogens is 206 g/mol. The lowest BCUT2D eigenvalue weighted by atomic mass is 10.1. The Kier molecular flexibility index (Phi) is 4.27. The van der Waals surface area contributed by atoms with Crippen LogP contribution in [0.25, 0.3) is 6.08 Å². The van der Waals surface area contributed by atoms with Crippen molar-refractivity contribution in [3.05, 3.63) is 41.5 Å². The maximum atomic E-state index is 10.7. The van der Waals surface area contributed by atoms with E-state index in [1.165, 1.54) is 13.0 Å². The van der Waals surface area contributed by atoms with Gasteiger partial charge < -0.3 is 10.4 Å². The van der Waals surface area contributed by atoms with Gasteiger partial charge in [0.25, 0.3) is 0 Å². The Bertz CT molecular complexity index is 407. The Morgan fingerprint density at radius 2 is 1.94 bits per heavy atom. The predicted octanol–water partition coefficient (Wildman–Crippen LogP) is 1.42. The minimum atomic E-state index is -0.970. The van der Waals surface area contributed by atoms with Gasteiger partial charge in [0.05, 0.1) is 0 Å². The van der Waals surface area contributed by atoms with Crippen LogP contribution in [0.5, 0.6) is 0 Å². The molecule has 84 valence electrons. The highest BCUT2D eigenvalue weighted by molar-refractivity contribution is 5.85. The maximum Gasteiger partial charge on any atom is 0.328 e. The van der Waals surface area contributed by atoms with Crippen LogP contribution in [0.3, 0.4) is 0 Å². The molecule has 0 atom stereocenters. The zero-order valence-corrected chi connectivity index (χ0v) is 8.93. The standard InChI is InChI=1S/C12H13NO3/c1-9(14)13-8-11-4-2-10(3-5-11)6-7-12(15)16/h2-7H,8H2,1H3,(H,13,14)(H,15,16). The molecule has 4 nitrogen and oxygen atoms in total. The lowest BCUT2D eigenvalue weighted by Crippen LogP contribution is -2.18. The molecule has 0 heterocycles. The second-order valence-electron chi connectivity index (χ2n) is 3.32. The average molecular weight is 219 g/mol. The van der Waals surface area contributed by atoms with E-state index in [4.69, 9.17) is 5.11 Å². The maximum absolute atomic E-state index is 10.7. The van der Waals surface area contributed by atoms with E-state index in [9.17, 15) is 9.59 Å². The Balaban J connectivity index is 2.60. The molecule has 0 radical (unpaired) electrons. The molecule has 0 aliphatic rings. The average Bonchev–Trinajstić information content (AvgIpc) is 2.25. The van der Waals surface area contributed by atoms with Gasteiger partial charge >= 0.3 is 5.97 Å². The van der Waals surface area contributed by atoms with Crippen LogP contribution in [0.2, 0.25) is 0 Å². The summed E-state index contributed by atoms with van der Waals surface area (Å²) in [4.78, 5) is 21.0. The molecule has 0 saturated heterocycles. The van der Waals surface area contributed by atoms with Crippen LogP contribution in [0.4, 0.5) is 0 Å². The van der Waals surface area contributed by atoms with Gasteiger partial charge in [0.15, 0.2) is 0 Å². The van der Waals surface area contributed by atoms with Crippen LogP contribution in [-0.2, 0) is 16.1 Å². The van der Waals surface area contributed by atoms with E-state index < -0.39 is 5.97 Å². The van der Waals surface area contributed by atoms with Crippen molar-refractivity contribution in [3.8, 4) is 0 Å². The molecular formula is C12H13NO3. The first kappa shape index (κ1) is 12.0. The van der Waals surface area contributed by atoms with Crippen molar-refractivity contribution < 1.29 is 14.7 Å². The highest BCUT2D eigenvalue weighted by Gasteiger charge is 1.94. The molecule has 1 aromatic rings. The molecule has 4 heteroatoms. The number of benzene rings is 1. The number of aliphatic carboxylic acids is 1. The molecule has 0 aliphatic carbocycles. The summed E-state index contributed by atoms with van der Waals surface area (Å²) < 4.78 is 0. The van der Waals surface area contributed by atoms with Gasteiger partial charge in [0.2, 0.25) is 5.91 Å². The van der Waals surface area contributed by atoms with Gasteiger partial charge in [-0.05, 0) is 17.2 Å². The summed E-state index contributed by atoms with van der Waals surface area (Å²) in [6.07, 6.45) is 2.60. The Hall–Kier alpha value is -2.10. The fourth-order valence-corrected chi connectivity index (χ4v) is 1.14.